The first-order valence-corrected chi connectivity index (χ1v) is 11.1. The van der Waals surface area contributed by atoms with Crippen molar-refractivity contribution in [3.8, 4) is 5.75 Å². The molecule has 2 aromatic rings. The Morgan fingerprint density at radius 2 is 2.00 bits per heavy atom. The van der Waals surface area contributed by atoms with Crippen LogP contribution in [0.25, 0.3) is 6.08 Å². The number of carbonyl (C=O) groups excluding carboxylic acids is 1. The maximum atomic E-state index is 12.9. The van der Waals surface area contributed by atoms with Crippen LogP contribution in [0.5, 0.6) is 5.75 Å². The van der Waals surface area contributed by atoms with Gasteiger partial charge in [0.05, 0.1) is 18.6 Å². The Hall–Kier alpha value is -2.31. The van der Waals surface area contributed by atoms with E-state index in [-0.39, 0.29) is 23.5 Å². The van der Waals surface area contributed by atoms with Crippen LogP contribution in [-0.2, 0) is 21.2 Å². The highest BCUT2D eigenvalue weighted by atomic mass is 35.5. The minimum absolute atomic E-state index is 0.00428. The number of hydrogen-bond donors (Lipinski definition) is 0. The summed E-state index contributed by atoms with van der Waals surface area (Å²) in [7, 11) is -1.51. The molecule has 1 heterocycles. The van der Waals surface area contributed by atoms with E-state index in [9.17, 15) is 13.2 Å². The van der Waals surface area contributed by atoms with E-state index < -0.39 is 9.84 Å². The molecule has 1 saturated heterocycles. The Morgan fingerprint density at radius 1 is 1.25 bits per heavy atom. The van der Waals surface area contributed by atoms with Gasteiger partial charge in [0, 0.05) is 23.7 Å². The molecule has 1 amide bonds. The van der Waals surface area contributed by atoms with E-state index in [1.54, 1.807) is 30.2 Å². The molecule has 2 aromatic carbocycles. The number of ether oxygens (including phenoxy) is 1. The molecule has 5 nitrogen and oxygen atoms in total. The largest absolute Gasteiger partial charge is 0.497 e. The molecule has 0 radical (unpaired) electrons. The van der Waals surface area contributed by atoms with Crippen molar-refractivity contribution in [2.45, 2.75) is 19.0 Å². The zero-order valence-electron chi connectivity index (χ0n) is 15.5. The van der Waals surface area contributed by atoms with Crippen LogP contribution < -0.4 is 4.74 Å². The quantitative estimate of drug-likeness (QED) is 0.671. The SMILES string of the molecule is COc1ccc(/C=C\C(=O)N(Cc2cccc(Cl)c2)C2CCS(=O)(=O)C2)cc1. The minimum atomic E-state index is -3.11. The summed E-state index contributed by atoms with van der Waals surface area (Å²) in [6.07, 6.45) is 3.65. The van der Waals surface area contributed by atoms with E-state index >= 15 is 0 Å². The molecule has 0 spiro atoms. The van der Waals surface area contributed by atoms with E-state index in [2.05, 4.69) is 0 Å². The van der Waals surface area contributed by atoms with Gasteiger partial charge in [-0.15, -0.1) is 0 Å². The van der Waals surface area contributed by atoms with Crippen molar-refractivity contribution in [2.24, 2.45) is 0 Å². The van der Waals surface area contributed by atoms with Gasteiger partial charge in [-0.3, -0.25) is 4.79 Å². The first-order valence-electron chi connectivity index (χ1n) is 8.94. The number of hydrogen-bond acceptors (Lipinski definition) is 4. The van der Waals surface area contributed by atoms with Crippen LogP contribution in [0.3, 0.4) is 0 Å². The van der Waals surface area contributed by atoms with Crippen molar-refractivity contribution in [3.63, 3.8) is 0 Å². The molecule has 1 aliphatic heterocycles. The summed E-state index contributed by atoms with van der Waals surface area (Å²) in [4.78, 5) is 14.5. The highest BCUT2D eigenvalue weighted by Gasteiger charge is 2.34. The highest BCUT2D eigenvalue weighted by Crippen LogP contribution is 2.22. The van der Waals surface area contributed by atoms with Crippen LogP contribution in [0.1, 0.15) is 17.5 Å². The van der Waals surface area contributed by atoms with Gasteiger partial charge in [0.25, 0.3) is 0 Å². The molecule has 1 aliphatic rings. The van der Waals surface area contributed by atoms with Crippen LogP contribution in [0.15, 0.2) is 54.6 Å². The van der Waals surface area contributed by atoms with Crippen LogP contribution in [0, 0.1) is 0 Å². The van der Waals surface area contributed by atoms with Crippen molar-refractivity contribution in [1.82, 2.24) is 4.90 Å². The maximum Gasteiger partial charge on any atom is 0.247 e. The van der Waals surface area contributed by atoms with E-state index in [1.165, 1.54) is 6.08 Å². The molecule has 0 saturated carbocycles. The lowest BCUT2D eigenvalue weighted by molar-refractivity contribution is -0.128. The van der Waals surface area contributed by atoms with Gasteiger partial charge in [0.1, 0.15) is 5.75 Å². The van der Waals surface area contributed by atoms with Crippen LogP contribution in [-0.4, -0.2) is 43.9 Å². The minimum Gasteiger partial charge on any atom is -0.497 e. The number of amides is 1. The number of nitrogens with zero attached hydrogens (tertiary/aromatic N) is 1. The molecule has 1 unspecified atom stereocenters. The molecule has 28 heavy (non-hydrogen) atoms. The summed E-state index contributed by atoms with van der Waals surface area (Å²) in [5.41, 5.74) is 1.72. The Kier molecular flexibility index (Phi) is 6.42. The number of benzene rings is 2. The van der Waals surface area contributed by atoms with Crippen molar-refractivity contribution < 1.29 is 17.9 Å². The molecule has 0 aromatic heterocycles. The van der Waals surface area contributed by atoms with Gasteiger partial charge in [0.2, 0.25) is 5.91 Å². The zero-order valence-corrected chi connectivity index (χ0v) is 17.1. The number of methoxy groups -OCH3 is 1. The monoisotopic (exact) mass is 419 g/mol. The molecular weight excluding hydrogens is 398 g/mol. The Labute approximate surface area is 170 Å². The molecular formula is C21H22ClNO4S. The third-order valence-corrected chi connectivity index (χ3v) is 6.69. The first kappa shape index (κ1) is 20.4. The maximum absolute atomic E-state index is 12.9. The second kappa shape index (κ2) is 8.80. The number of carbonyl (C=O) groups is 1. The summed E-state index contributed by atoms with van der Waals surface area (Å²) in [5.74, 6) is 0.620. The topological polar surface area (TPSA) is 63.7 Å². The normalized spacial score (nSPS) is 18.3. The van der Waals surface area contributed by atoms with Gasteiger partial charge in [-0.25, -0.2) is 8.42 Å². The summed E-state index contributed by atoms with van der Waals surface area (Å²) in [5, 5.41) is 0.581. The van der Waals surface area contributed by atoms with Crippen LogP contribution >= 0.6 is 11.6 Å². The molecule has 1 fully saturated rings. The lowest BCUT2D eigenvalue weighted by Crippen LogP contribution is -2.39. The van der Waals surface area contributed by atoms with E-state index in [0.29, 0.717) is 18.0 Å². The number of rotatable bonds is 6. The Morgan fingerprint density at radius 3 is 2.61 bits per heavy atom. The van der Waals surface area contributed by atoms with Gasteiger partial charge in [-0.1, -0.05) is 35.9 Å². The van der Waals surface area contributed by atoms with E-state index in [1.807, 2.05) is 36.4 Å². The summed E-state index contributed by atoms with van der Waals surface area (Å²) in [6.45, 7) is 0.312. The molecule has 1 atom stereocenters. The smallest absolute Gasteiger partial charge is 0.247 e. The zero-order chi connectivity index (χ0) is 20.1. The molecule has 0 bridgehead atoms. The fourth-order valence-corrected chi connectivity index (χ4v) is 5.16. The third-order valence-electron chi connectivity index (χ3n) is 4.71. The van der Waals surface area contributed by atoms with Crippen molar-refractivity contribution in [2.75, 3.05) is 18.6 Å². The van der Waals surface area contributed by atoms with Crippen LogP contribution in [0.4, 0.5) is 0 Å². The first-order chi connectivity index (χ1) is 13.4. The summed E-state index contributed by atoms with van der Waals surface area (Å²) >= 11 is 6.06. The molecule has 3 rings (SSSR count). The van der Waals surface area contributed by atoms with Gasteiger partial charge >= 0.3 is 0 Å². The van der Waals surface area contributed by atoms with E-state index in [4.69, 9.17) is 16.3 Å². The molecule has 0 aliphatic carbocycles. The molecule has 148 valence electrons. The Bertz CT molecular complexity index is 970. The second-order valence-corrected chi connectivity index (χ2v) is 9.42. The lowest BCUT2D eigenvalue weighted by Gasteiger charge is -2.27. The summed E-state index contributed by atoms with van der Waals surface area (Å²) in [6, 6.07) is 14.3. The van der Waals surface area contributed by atoms with Crippen molar-refractivity contribution in [1.29, 1.82) is 0 Å². The summed E-state index contributed by atoms with van der Waals surface area (Å²) < 4.78 is 29.0. The Balaban J connectivity index is 1.80. The molecule has 7 heteroatoms. The second-order valence-electron chi connectivity index (χ2n) is 6.76. The predicted molar refractivity (Wildman–Crippen MR) is 111 cm³/mol. The van der Waals surface area contributed by atoms with E-state index in [0.717, 1.165) is 16.9 Å². The average Bonchev–Trinajstić information content (AvgIpc) is 3.04. The van der Waals surface area contributed by atoms with Gasteiger partial charge in [-0.05, 0) is 47.9 Å². The van der Waals surface area contributed by atoms with Gasteiger partial charge in [0.15, 0.2) is 9.84 Å². The van der Waals surface area contributed by atoms with Gasteiger partial charge < -0.3 is 9.64 Å². The van der Waals surface area contributed by atoms with Crippen molar-refractivity contribution in [3.05, 3.63) is 70.8 Å². The number of halogens is 1. The molecule has 0 N–H and O–H groups in total. The third kappa shape index (κ3) is 5.36. The fourth-order valence-electron chi connectivity index (χ4n) is 3.22. The predicted octanol–water partition coefficient (Wildman–Crippen LogP) is 3.58. The highest BCUT2D eigenvalue weighted by molar-refractivity contribution is 7.91. The number of sulfone groups is 1. The lowest BCUT2D eigenvalue weighted by atomic mass is 10.1. The average molecular weight is 420 g/mol. The van der Waals surface area contributed by atoms with Crippen LogP contribution in [0.2, 0.25) is 5.02 Å². The van der Waals surface area contributed by atoms with Gasteiger partial charge in [-0.2, -0.15) is 0 Å². The standard InChI is InChI=1S/C21H22ClNO4S/c1-27-20-8-5-16(6-9-20)7-10-21(24)23(19-11-12-28(25,26)15-19)14-17-3-2-4-18(22)13-17/h2-10,13,19H,11-12,14-15H2,1H3/b10-7-. The van der Waals surface area contributed by atoms with Crippen molar-refractivity contribution >= 4 is 33.4 Å². The fraction of sp³-hybridized carbons (Fsp3) is 0.286.